The summed E-state index contributed by atoms with van der Waals surface area (Å²) < 4.78 is 5.26. The molecule has 0 aromatic carbocycles. The van der Waals surface area contributed by atoms with Crippen molar-refractivity contribution in [1.29, 1.82) is 0 Å². The van der Waals surface area contributed by atoms with Gasteiger partial charge in [-0.05, 0) is 37.6 Å². The molecule has 2 aromatic rings. The zero-order chi connectivity index (χ0) is 15.4. The van der Waals surface area contributed by atoms with Gasteiger partial charge < -0.3 is 15.5 Å². The smallest absolute Gasteiger partial charge is 0.251 e. The van der Waals surface area contributed by atoms with Gasteiger partial charge in [0, 0.05) is 0 Å². The molecular formula is C14H17N3O3S. The third-order valence-electron chi connectivity index (χ3n) is 3.19. The Morgan fingerprint density at radius 2 is 2.24 bits per heavy atom. The average Bonchev–Trinajstić information content (AvgIpc) is 3.08. The number of carbonyl (C=O) groups is 2. The first-order valence-electron chi connectivity index (χ1n) is 6.40. The minimum atomic E-state index is -0.553. The van der Waals surface area contributed by atoms with Gasteiger partial charge in [-0.25, -0.2) is 0 Å². The molecule has 0 saturated carbocycles. The van der Waals surface area contributed by atoms with Gasteiger partial charge in [0.1, 0.15) is 10.8 Å². The predicted octanol–water partition coefficient (Wildman–Crippen LogP) is 1.90. The molecule has 2 aromatic heterocycles. The summed E-state index contributed by atoms with van der Waals surface area (Å²) in [6.45, 7) is 2.31. The van der Waals surface area contributed by atoms with Crippen molar-refractivity contribution in [1.82, 2.24) is 4.90 Å². The van der Waals surface area contributed by atoms with Crippen molar-refractivity contribution >= 4 is 28.2 Å². The number of likely N-dealkylation sites (N-methyl/N-ethyl adjacent to an activating group) is 1. The maximum absolute atomic E-state index is 12.2. The fourth-order valence-corrected chi connectivity index (χ4v) is 2.60. The summed E-state index contributed by atoms with van der Waals surface area (Å²) in [6, 6.07) is 4.88. The summed E-state index contributed by atoms with van der Waals surface area (Å²) in [6.07, 6.45) is 1.60. The largest absolute Gasteiger partial charge is 0.468 e. The number of nitrogens with zero attached hydrogens (tertiary/aromatic N) is 1. The molecule has 2 rings (SSSR count). The van der Waals surface area contributed by atoms with Crippen LogP contribution in [0, 0.1) is 0 Å². The number of furan rings is 1. The average molecular weight is 307 g/mol. The van der Waals surface area contributed by atoms with E-state index in [9.17, 15) is 9.59 Å². The fraction of sp³-hybridized carbons (Fsp3) is 0.286. The second-order valence-corrected chi connectivity index (χ2v) is 5.60. The quantitative estimate of drug-likeness (QED) is 0.853. The fourth-order valence-electron chi connectivity index (χ4n) is 1.80. The molecule has 2 heterocycles. The highest BCUT2D eigenvalue weighted by Gasteiger charge is 2.21. The molecule has 3 N–H and O–H groups in total. The second-order valence-electron chi connectivity index (χ2n) is 4.69. The van der Waals surface area contributed by atoms with Crippen molar-refractivity contribution in [2.75, 3.05) is 12.4 Å². The highest BCUT2D eigenvalue weighted by Crippen LogP contribution is 2.23. The Kier molecular flexibility index (Phi) is 4.77. The standard InChI is InChI=1S/C14H17N3O3S/c1-9(17(2)8-10-4-3-6-20-10)13(19)16-14-11(12(15)18)5-7-21-14/h3-7,9H,8H2,1-2H3,(H2,15,18)(H,16,19)/t9-/m0/s1. The monoisotopic (exact) mass is 307 g/mol. The van der Waals surface area contributed by atoms with Crippen LogP contribution in [0.5, 0.6) is 0 Å². The molecule has 0 aliphatic heterocycles. The maximum Gasteiger partial charge on any atom is 0.251 e. The molecule has 0 bridgehead atoms. The third-order valence-corrected chi connectivity index (χ3v) is 4.02. The lowest BCUT2D eigenvalue weighted by molar-refractivity contribution is -0.120. The maximum atomic E-state index is 12.2. The Morgan fingerprint density at radius 1 is 1.48 bits per heavy atom. The predicted molar refractivity (Wildman–Crippen MR) is 81.1 cm³/mol. The molecule has 0 radical (unpaired) electrons. The Bertz CT molecular complexity index is 621. The number of nitrogens with two attached hydrogens (primary N) is 1. The molecule has 7 heteroatoms. The number of thiophene rings is 1. The zero-order valence-electron chi connectivity index (χ0n) is 11.8. The van der Waals surface area contributed by atoms with Gasteiger partial charge in [-0.3, -0.25) is 14.5 Å². The highest BCUT2D eigenvalue weighted by atomic mass is 32.1. The number of primary amides is 1. The van der Waals surface area contributed by atoms with Crippen molar-refractivity contribution in [3.05, 3.63) is 41.2 Å². The van der Waals surface area contributed by atoms with E-state index in [-0.39, 0.29) is 11.9 Å². The Labute approximate surface area is 126 Å². The van der Waals surface area contributed by atoms with Crippen LogP contribution >= 0.6 is 11.3 Å². The lowest BCUT2D eigenvalue weighted by Gasteiger charge is -2.22. The Morgan fingerprint density at radius 3 is 2.86 bits per heavy atom. The van der Waals surface area contributed by atoms with Crippen LogP contribution < -0.4 is 11.1 Å². The lowest BCUT2D eigenvalue weighted by atomic mass is 10.2. The SMILES string of the molecule is C[C@@H](C(=O)Nc1sccc1C(N)=O)N(C)Cc1ccco1. The molecule has 0 saturated heterocycles. The molecule has 0 fully saturated rings. The molecular weight excluding hydrogens is 290 g/mol. The van der Waals surface area contributed by atoms with Crippen LogP contribution in [0.1, 0.15) is 23.0 Å². The van der Waals surface area contributed by atoms with Crippen molar-refractivity contribution in [3.8, 4) is 0 Å². The molecule has 2 amide bonds. The van der Waals surface area contributed by atoms with Crippen molar-refractivity contribution < 1.29 is 14.0 Å². The van der Waals surface area contributed by atoms with E-state index in [4.69, 9.17) is 10.2 Å². The van der Waals surface area contributed by atoms with Crippen LogP contribution in [0.25, 0.3) is 0 Å². The molecule has 112 valence electrons. The summed E-state index contributed by atoms with van der Waals surface area (Å²) in [5, 5.41) is 4.93. The molecule has 0 aliphatic carbocycles. The molecule has 1 atom stereocenters. The van der Waals surface area contributed by atoms with E-state index < -0.39 is 5.91 Å². The molecule has 0 unspecified atom stereocenters. The third kappa shape index (κ3) is 3.71. The first-order chi connectivity index (χ1) is 9.99. The number of hydrogen-bond acceptors (Lipinski definition) is 5. The number of anilines is 1. The number of rotatable bonds is 6. The Hall–Kier alpha value is -2.12. The number of amides is 2. The van der Waals surface area contributed by atoms with Gasteiger partial charge >= 0.3 is 0 Å². The van der Waals surface area contributed by atoms with E-state index >= 15 is 0 Å². The minimum absolute atomic E-state index is 0.200. The van der Waals surface area contributed by atoms with Crippen LogP contribution in [0.3, 0.4) is 0 Å². The topological polar surface area (TPSA) is 88.6 Å². The number of nitrogens with one attached hydrogen (secondary N) is 1. The molecule has 0 aliphatic rings. The van der Waals surface area contributed by atoms with Crippen molar-refractivity contribution in [3.63, 3.8) is 0 Å². The van der Waals surface area contributed by atoms with E-state index in [1.807, 2.05) is 18.0 Å². The first kappa shape index (κ1) is 15.3. The van der Waals surface area contributed by atoms with Crippen LogP contribution in [-0.2, 0) is 11.3 Å². The molecule has 0 spiro atoms. The first-order valence-corrected chi connectivity index (χ1v) is 7.27. The van der Waals surface area contributed by atoms with Gasteiger partial charge in [0.15, 0.2) is 0 Å². The lowest BCUT2D eigenvalue weighted by Crippen LogP contribution is -2.39. The normalized spacial score (nSPS) is 12.3. The van der Waals surface area contributed by atoms with Gasteiger partial charge in [0.2, 0.25) is 5.91 Å². The summed E-state index contributed by atoms with van der Waals surface area (Å²) >= 11 is 1.27. The molecule has 6 nitrogen and oxygen atoms in total. The van der Waals surface area contributed by atoms with Gasteiger partial charge in [-0.15, -0.1) is 11.3 Å². The van der Waals surface area contributed by atoms with Crippen LogP contribution in [0.2, 0.25) is 0 Å². The summed E-state index contributed by atoms with van der Waals surface area (Å²) in [7, 11) is 1.83. The second kappa shape index (κ2) is 6.55. The van der Waals surface area contributed by atoms with E-state index in [2.05, 4.69) is 5.32 Å². The van der Waals surface area contributed by atoms with E-state index in [0.29, 0.717) is 17.1 Å². The Balaban J connectivity index is 1.98. The van der Waals surface area contributed by atoms with Crippen LogP contribution in [-0.4, -0.2) is 29.8 Å². The number of hydrogen-bond donors (Lipinski definition) is 2. The zero-order valence-corrected chi connectivity index (χ0v) is 12.6. The highest BCUT2D eigenvalue weighted by molar-refractivity contribution is 7.14. The van der Waals surface area contributed by atoms with Gasteiger partial charge in [-0.1, -0.05) is 0 Å². The van der Waals surface area contributed by atoms with Gasteiger partial charge in [0.05, 0.1) is 24.4 Å². The van der Waals surface area contributed by atoms with Crippen LogP contribution in [0.15, 0.2) is 34.3 Å². The van der Waals surface area contributed by atoms with Crippen molar-refractivity contribution in [2.24, 2.45) is 5.73 Å². The van der Waals surface area contributed by atoms with E-state index in [1.165, 1.54) is 11.3 Å². The molecule has 21 heavy (non-hydrogen) atoms. The minimum Gasteiger partial charge on any atom is -0.468 e. The number of carbonyl (C=O) groups excluding carboxylic acids is 2. The van der Waals surface area contributed by atoms with E-state index in [1.54, 1.807) is 30.7 Å². The van der Waals surface area contributed by atoms with Crippen molar-refractivity contribution in [2.45, 2.75) is 19.5 Å². The summed E-state index contributed by atoms with van der Waals surface area (Å²) in [5.41, 5.74) is 5.58. The van der Waals surface area contributed by atoms with Crippen LogP contribution in [0.4, 0.5) is 5.00 Å². The summed E-state index contributed by atoms with van der Waals surface area (Å²) in [4.78, 5) is 25.3. The van der Waals surface area contributed by atoms with Gasteiger partial charge in [0.25, 0.3) is 5.91 Å². The summed E-state index contributed by atoms with van der Waals surface area (Å²) in [5.74, 6) is 0.0308. The van der Waals surface area contributed by atoms with E-state index in [0.717, 1.165) is 5.76 Å². The van der Waals surface area contributed by atoms with Gasteiger partial charge in [-0.2, -0.15) is 0 Å².